The number of nitrogens with one attached hydrogen (secondary N) is 1. The molecule has 1 aromatic carbocycles. The number of carbonyl (C=O) groups is 1. The van der Waals surface area contributed by atoms with E-state index in [1.54, 1.807) is 0 Å². The van der Waals surface area contributed by atoms with Crippen molar-refractivity contribution in [1.82, 2.24) is 4.90 Å². The number of carbonyl (C=O) groups excluding carboxylic acids is 1. The van der Waals surface area contributed by atoms with Crippen LogP contribution in [0.4, 0.5) is 11.4 Å². The molecule has 1 fully saturated rings. The summed E-state index contributed by atoms with van der Waals surface area (Å²) >= 11 is 3.36. The Morgan fingerprint density at radius 1 is 1.47 bits per heavy atom. The molecule has 0 aromatic heterocycles. The molecule has 5 nitrogen and oxygen atoms in total. The number of amides is 1. The monoisotopic (exact) mass is 327 g/mol. The molecule has 19 heavy (non-hydrogen) atoms. The second kappa shape index (κ2) is 6.25. The van der Waals surface area contributed by atoms with Crippen LogP contribution < -0.4 is 11.1 Å². The normalized spacial score (nSPS) is 17.1. The molecule has 1 heterocycles. The lowest BCUT2D eigenvalue weighted by Crippen LogP contribution is -2.47. The smallest absolute Gasteiger partial charge is 0.244 e. The molecule has 0 spiro atoms. The molecule has 6 heteroatoms. The number of anilines is 2. The summed E-state index contributed by atoms with van der Waals surface area (Å²) in [6, 6.07) is 5.27. The largest absolute Gasteiger partial charge is 0.397 e. The first kappa shape index (κ1) is 14.1. The van der Waals surface area contributed by atoms with E-state index >= 15 is 0 Å². The van der Waals surface area contributed by atoms with E-state index in [2.05, 4.69) is 21.2 Å². The number of ether oxygens (including phenoxy) is 1. The molecule has 3 N–H and O–H groups in total. The summed E-state index contributed by atoms with van der Waals surface area (Å²) in [5, 5.41) is 3.16. The van der Waals surface area contributed by atoms with Crippen molar-refractivity contribution in [2.24, 2.45) is 0 Å². The van der Waals surface area contributed by atoms with Gasteiger partial charge in [-0.3, -0.25) is 4.79 Å². The van der Waals surface area contributed by atoms with Crippen LogP contribution >= 0.6 is 15.9 Å². The fraction of sp³-hybridized carbons (Fsp3) is 0.462. The minimum atomic E-state index is -0.304. The molecule has 0 bridgehead atoms. The van der Waals surface area contributed by atoms with Crippen molar-refractivity contribution >= 4 is 33.2 Å². The molecule has 0 radical (unpaired) electrons. The first-order valence-electron chi connectivity index (χ1n) is 6.26. The number of halogens is 1. The molecule has 0 aliphatic carbocycles. The minimum absolute atomic E-state index is 0.0746. The van der Waals surface area contributed by atoms with E-state index in [0.717, 1.165) is 10.2 Å². The number of nitrogens with zero attached hydrogens (tertiary/aromatic N) is 1. The Balaban J connectivity index is 1.99. The highest BCUT2D eigenvalue weighted by Crippen LogP contribution is 2.23. The highest BCUT2D eigenvalue weighted by molar-refractivity contribution is 9.10. The van der Waals surface area contributed by atoms with E-state index in [0.29, 0.717) is 32.0 Å². The zero-order valence-electron chi connectivity index (χ0n) is 10.9. The van der Waals surface area contributed by atoms with Gasteiger partial charge in [-0.2, -0.15) is 0 Å². The van der Waals surface area contributed by atoms with Crippen molar-refractivity contribution in [2.75, 3.05) is 37.4 Å². The van der Waals surface area contributed by atoms with Crippen molar-refractivity contribution in [1.29, 1.82) is 0 Å². The van der Waals surface area contributed by atoms with E-state index in [4.69, 9.17) is 10.5 Å². The SMILES string of the molecule is CC(Nc1ccc(Br)cc1N)C(=O)N1CCOCC1. The van der Waals surface area contributed by atoms with E-state index in [1.807, 2.05) is 30.0 Å². The minimum Gasteiger partial charge on any atom is -0.397 e. The second-order valence-electron chi connectivity index (χ2n) is 4.54. The maximum absolute atomic E-state index is 12.2. The van der Waals surface area contributed by atoms with Crippen molar-refractivity contribution in [3.05, 3.63) is 22.7 Å². The Morgan fingerprint density at radius 3 is 2.79 bits per heavy atom. The molecular weight excluding hydrogens is 310 g/mol. The van der Waals surface area contributed by atoms with E-state index in [-0.39, 0.29) is 11.9 Å². The third-order valence-corrected chi connectivity index (χ3v) is 3.57. The average molecular weight is 328 g/mol. The molecule has 0 saturated carbocycles. The summed E-state index contributed by atoms with van der Waals surface area (Å²) in [6.45, 7) is 4.37. The van der Waals surface area contributed by atoms with Gasteiger partial charge >= 0.3 is 0 Å². The van der Waals surface area contributed by atoms with E-state index < -0.39 is 0 Å². The van der Waals surface area contributed by atoms with E-state index in [9.17, 15) is 4.79 Å². The molecule has 104 valence electrons. The molecule has 1 unspecified atom stereocenters. The van der Waals surface area contributed by atoms with Crippen molar-refractivity contribution in [3.8, 4) is 0 Å². The van der Waals surface area contributed by atoms with Crippen LogP contribution in [-0.4, -0.2) is 43.2 Å². The maximum Gasteiger partial charge on any atom is 0.244 e. The molecule has 1 amide bonds. The van der Waals surface area contributed by atoms with Crippen LogP contribution in [0, 0.1) is 0 Å². The number of rotatable bonds is 3. The predicted molar refractivity (Wildman–Crippen MR) is 79.0 cm³/mol. The summed E-state index contributed by atoms with van der Waals surface area (Å²) < 4.78 is 6.16. The maximum atomic E-state index is 12.2. The third kappa shape index (κ3) is 3.61. The Bertz CT molecular complexity index is 461. The number of benzene rings is 1. The van der Waals surface area contributed by atoms with Gasteiger partial charge in [-0.25, -0.2) is 0 Å². The van der Waals surface area contributed by atoms with Crippen LogP contribution in [0.2, 0.25) is 0 Å². The van der Waals surface area contributed by atoms with Crippen LogP contribution in [0.15, 0.2) is 22.7 Å². The van der Waals surface area contributed by atoms with Crippen molar-refractivity contribution in [3.63, 3.8) is 0 Å². The van der Waals surface area contributed by atoms with Gasteiger partial charge in [-0.15, -0.1) is 0 Å². The Hall–Kier alpha value is -1.27. The lowest BCUT2D eigenvalue weighted by Gasteiger charge is -2.30. The lowest BCUT2D eigenvalue weighted by molar-refractivity contribution is -0.135. The summed E-state index contributed by atoms with van der Waals surface area (Å²) in [5.74, 6) is 0.0746. The van der Waals surface area contributed by atoms with Crippen molar-refractivity contribution < 1.29 is 9.53 Å². The van der Waals surface area contributed by atoms with Gasteiger partial charge in [0.25, 0.3) is 0 Å². The Morgan fingerprint density at radius 2 is 2.16 bits per heavy atom. The van der Waals surface area contributed by atoms with Crippen LogP contribution in [0.3, 0.4) is 0 Å². The molecule has 1 aliphatic rings. The first-order chi connectivity index (χ1) is 9.08. The number of hydrogen-bond donors (Lipinski definition) is 2. The standard InChI is InChI=1S/C13H18BrN3O2/c1-9(13(18)17-4-6-19-7-5-17)16-12-3-2-10(14)8-11(12)15/h2-3,8-9,16H,4-7,15H2,1H3. The predicted octanol–water partition coefficient (Wildman–Crippen LogP) is 1.69. The van der Waals surface area contributed by atoms with E-state index in [1.165, 1.54) is 0 Å². The van der Waals surface area contributed by atoms with Crippen LogP contribution in [0.1, 0.15) is 6.92 Å². The van der Waals surface area contributed by atoms with Gasteiger partial charge in [0, 0.05) is 17.6 Å². The van der Waals surface area contributed by atoms with Crippen LogP contribution in [0.5, 0.6) is 0 Å². The number of nitrogen functional groups attached to an aromatic ring is 1. The molecule has 1 aromatic rings. The number of nitrogens with two attached hydrogens (primary N) is 1. The molecule has 1 aliphatic heterocycles. The van der Waals surface area contributed by atoms with Crippen LogP contribution in [0.25, 0.3) is 0 Å². The molecule has 1 atom stereocenters. The first-order valence-corrected chi connectivity index (χ1v) is 7.05. The zero-order valence-corrected chi connectivity index (χ0v) is 12.4. The topological polar surface area (TPSA) is 67.6 Å². The number of morpholine rings is 1. The van der Waals surface area contributed by atoms with Gasteiger partial charge in [-0.1, -0.05) is 15.9 Å². The molecular formula is C13H18BrN3O2. The summed E-state index contributed by atoms with van der Waals surface area (Å²) in [4.78, 5) is 14.1. The molecule has 1 saturated heterocycles. The summed E-state index contributed by atoms with van der Waals surface area (Å²) in [5.41, 5.74) is 7.31. The van der Waals surface area contributed by atoms with Crippen molar-refractivity contribution in [2.45, 2.75) is 13.0 Å². The highest BCUT2D eigenvalue weighted by atomic mass is 79.9. The average Bonchev–Trinajstić information content (AvgIpc) is 2.42. The fourth-order valence-electron chi connectivity index (χ4n) is 2.02. The van der Waals surface area contributed by atoms with Gasteiger partial charge in [0.2, 0.25) is 5.91 Å². The summed E-state index contributed by atoms with van der Waals surface area (Å²) in [7, 11) is 0. The fourth-order valence-corrected chi connectivity index (χ4v) is 2.40. The van der Waals surface area contributed by atoms with Gasteiger partial charge in [0.15, 0.2) is 0 Å². The highest BCUT2D eigenvalue weighted by Gasteiger charge is 2.22. The second-order valence-corrected chi connectivity index (χ2v) is 5.45. The van der Waals surface area contributed by atoms with Crippen LogP contribution in [-0.2, 0) is 9.53 Å². The van der Waals surface area contributed by atoms with Gasteiger partial charge in [-0.05, 0) is 25.1 Å². The van der Waals surface area contributed by atoms with Gasteiger partial charge in [0.05, 0.1) is 24.6 Å². The number of hydrogen-bond acceptors (Lipinski definition) is 4. The molecule has 2 rings (SSSR count). The third-order valence-electron chi connectivity index (χ3n) is 3.08. The zero-order chi connectivity index (χ0) is 13.8. The quantitative estimate of drug-likeness (QED) is 0.829. The lowest BCUT2D eigenvalue weighted by atomic mass is 10.2. The Kier molecular flexibility index (Phi) is 4.66. The summed E-state index contributed by atoms with van der Waals surface area (Å²) in [6.07, 6.45) is 0. The Labute approximate surface area is 121 Å². The van der Waals surface area contributed by atoms with Gasteiger partial charge in [0.1, 0.15) is 6.04 Å². The van der Waals surface area contributed by atoms with Gasteiger partial charge < -0.3 is 20.7 Å².